The fraction of sp³-hybridized carbons (Fsp3) is 0.143. The first-order valence-corrected chi connectivity index (χ1v) is 5.58. The summed E-state index contributed by atoms with van der Waals surface area (Å²) in [6.07, 6.45) is -4.40. The molecule has 0 amide bonds. The van der Waals surface area contributed by atoms with Crippen molar-refractivity contribution in [2.45, 2.75) is 12.7 Å². The normalized spacial score (nSPS) is 11.6. The molecule has 19 heavy (non-hydrogen) atoms. The van der Waals surface area contributed by atoms with Gasteiger partial charge in [0, 0.05) is 6.54 Å². The zero-order valence-corrected chi connectivity index (χ0v) is 9.84. The third-order valence-corrected chi connectivity index (χ3v) is 2.79. The molecule has 0 atom stereocenters. The monoisotopic (exact) mass is 269 g/mol. The molecule has 0 spiro atoms. The summed E-state index contributed by atoms with van der Waals surface area (Å²) in [7, 11) is 0. The molecule has 0 bridgehead atoms. The molecule has 0 saturated carbocycles. The molecule has 0 saturated heterocycles. The number of hydrogen-bond acceptors (Lipinski definition) is 1. The number of halogens is 4. The highest BCUT2D eigenvalue weighted by atomic mass is 19.4. The van der Waals surface area contributed by atoms with Crippen LogP contribution >= 0.6 is 0 Å². The van der Waals surface area contributed by atoms with Crippen molar-refractivity contribution in [1.82, 2.24) is 0 Å². The highest BCUT2D eigenvalue weighted by Gasteiger charge is 2.30. The van der Waals surface area contributed by atoms with Crippen LogP contribution in [-0.4, -0.2) is 0 Å². The van der Waals surface area contributed by atoms with Crippen LogP contribution in [0, 0.1) is 5.82 Å². The van der Waals surface area contributed by atoms with Gasteiger partial charge in [-0.15, -0.1) is 0 Å². The van der Waals surface area contributed by atoms with Gasteiger partial charge < -0.3 is 5.73 Å². The molecule has 0 aliphatic heterocycles. The van der Waals surface area contributed by atoms with Gasteiger partial charge in [0.05, 0.1) is 5.56 Å². The minimum absolute atomic E-state index is 0.0589. The maximum atomic E-state index is 13.1. The Bertz CT molecular complexity index is 590. The summed E-state index contributed by atoms with van der Waals surface area (Å²) in [6, 6.07) is 8.77. The predicted octanol–water partition coefficient (Wildman–Crippen LogP) is 3.97. The Balaban J connectivity index is 2.53. The highest BCUT2D eigenvalue weighted by Crippen LogP contribution is 2.33. The topological polar surface area (TPSA) is 26.0 Å². The molecule has 0 aliphatic rings. The summed E-state index contributed by atoms with van der Waals surface area (Å²) in [4.78, 5) is 0. The van der Waals surface area contributed by atoms with Crippen molar-refractivity contribution < 1.29 is 17.6 Å². The lowest BCUT2D eigenvalue weighted by Gasteiger charge is -2.11. The average molecular weight is 269 g/mol. The van der Waals surface area contributed by atoms with Crippen molar-refractivity contribution in [2.24, 2.45) is 5.73 Å². The first kappa shape index (κ1) is 13.5. The summed E-state index contributed by atoms with van der Waals surface area (Å²) >= 11 is 0. The van der Waals surface area contributed by atoms with Crippen molar-refractivity contribution in [3.8, 4) is 11.1 Å². The highest BCUT2D eigenvalue weighted by molar-refractivity contribution is 5.68. The summed E-state index contributed by atoms with van der Waals surface area (Å²) in [6.45, 7) is 0.0589. The van der Waals surface area contributed by atoms with E-state index in [1.807, 2.05) is 0 Å². The standard InChI is InChI=1S/C14H11F4N/c15-12-4-5-13(10(7-12)8-19)9-2-1-3-11(6-9)14(16,17)18/h1-7H,8,19H2. The van der Waals surface area contributed by atoms with E-state index in [0.29, 0.717) is 16.7 Å². The minimum Gasteiger partial charge on any atom is -0.326 e. The fourth-order valence-corrected chi connectivity index (χ4v) is 1.88. The lowest BCUT2D eigenvalue weighted by Crippen LogP contribution is -2.05. The van der Waals surface area contributed by atoms with Crippen LogP contribution in [0.15, 0.2) is 42.5 Å². The summed E-state index contributed by atoms with van der Waals surface area (Å²) in [5.41, 5.74) is 6.10. The molecule has 100 valence electrons. The molecular formula is C14H11F4N. The largest absolute Gasteiger partial charge is 0.416 e. The number of rotatable bonds is 2. The lowest BCUT2D eigenvalue weighted by atomic mass is 9.98. The Hall–Kier alpha value is -1.88. The van der Waals surface area contributed by atoms with Gasteiger partial charge in [0.1, 0.15) is 5.82 Å². The van der Waals surface area contributed by atoms with Gasteiger partial charge in [-0.25, -0.2) is 4.39 Å². The molecule has 0 aliphatic carbocycles. The molecule has 2 N–H and O–H groups in total. The SMILES string of the molecule is NCc1cc(F)ccc1-c1cccc(C(F)(F)F)c1. The molecule has 0 unspecified atom stereocenters. The Morgan fingerprint density at radius 3 is 2.37 bits per heavy atom. The third-order valence-electron chi connectivity index (χ3n) is 2.79. The molecule has 5 heteroatoms. The summed E-state index contributed by atoms with van der Waals surface area (Å²) < 4.78 is 51.0. The lowest BCUT2D eigenvalue weighted by molar-refractivity contribution is -0.137. The second-order valence-electron chi connectivity index (χ2n) is 4.08. The van der Waals surface area contributed by atoms with Gasteiger partial charge in [-0.3, -0.25) is 0 Å². The van der Waals surface area contributed by atoms with Crippen molar-refractivity contribution in [1.29, 1.82) is 0 Å². The second kappa shape index (κ2) is 5.01. The Kier molecular flexibility index (Phi) is 3.57. The molecule has 2 aromatic rings. The van der Waals surface area contributed by atoms with Gasteiger partial charge in [0.15, 0.2) is 0 Å². The van der Waals surface area contributed by atoms with Gasteiger partial charge in [-0.05, 0) is 41.0 Å². The van der Waals surface area contributed by atoms with Crippen LogP contribution in [0.3, 0.4) is 0 Å². The van der Waals surface area contributed by atoms with E-state index < -0.39 is 17.6 Å². The molecule has 2 rings (SSSR count). The Morgan fingerprint density at radius 2 is 1.74 bits per heavy atom. The maximum absolute atomic E-state index is 13.1. The van der Waals surface area contributed by atoms with Gasteiger partial charge in [0.2, 0.25) is 0 Å². The van der Waals surface area contributed by atoms with E-state index in [1.165, 1.54) is 24.3 Å². The van der Waals surface area contributed by atoms with E-state index in [0.717, 1.165) is 12.1 Å². The van der Waals surface area contributed by atoms with E-state index in [-0.39, 0.29) is 6.54 Å². The fourth-order valence-electron chi connectivity index (χ4n) is 1.88. The smallest absolute Gasteiger partial charge is 0.326 e. The maximum Gasteiger partial charge on any atom is 0.416 e. The molecule has 2 aromatic carbocycles. The van der Waals surface area contributed by atoms with E-state index in [9.17, 15) is 17.6 Å². The average Bonchev–Trinajstić information content (AvgIpc) is 2.37. The van der Waals surface area contributed by atoms with Crippen molar-refractivity contribution >= 4 is 0 Å². The summed E-state index contributed by atoms with van der Waals surface area (Å²) in [5.74, 6) is -0.462. The van der Waals surface area contributed by atoms with Crippen LogP contribution in [0.5, 0.6) is 0 Å². The van der Waals surface area contributed by atoms with E-state index >= 15 is 0 Å². The molecule has 0 heterocycles. The van der Waals surface area contributed by atoms with Gasteiger partial charge >= 0.3 is 6.18 Å². The van der Waals surface area contributed by atoms with Gasteiger partial charge in [-0.1, -0.05) is 18.2 Å². The van der Waals surface area contributed by atoms with Crippen LogP contribution < -0.4 is 5.73 Å². The Labute approximate surface area is 107 Å². The summed E-state index contributed by atoms with van der Waals surface area (Å²) in [5, 5.41) is 0. The zero-order valence-electron chi connectivity index (χ0n) is 9.84. The van der Waals surface area contributed by atoms with E-state index in [2.05, 4.69) is 0 Å². The quantitative estimate of drug-likeness (QED) is 0.820. The van der Waals surface area contributed by atoms with Crippen LogP contribution in [0.25, 0.3) is 11.1 Å². The first-order chi connectivity index (χ1) is 8.91. The third kappa shape index (κ3) is 2.93. The second-order valence-corrected chi connectivity index (χ2v) is 4.08. The van der Waals surface area contributed by atoms with Crippen molar-refractivity contribution in [3.63, 3.8) is 0 Å². The van der Waals surface area contributed by atoms with Crippen molar-refractivity contribution in [2.75, 3.05) is 0 Å². The van der Waals surface area contributed by atoms with E-state index in [4.69, 9.17) is 5.73 Å². The van der Waals surface area contributed by atoms with Gasteiger partial charge in [-0.2, -0.15) is 13.2 Å². The first-order valence-electron chi connectivity index (χ1n) is 5.58. The van der Waals surface area contributed by atoms with Gasteiger partial charge in [0.25, 0.3) is 0 Å². The van der Waals surface area contributed by atoms with Crippen LogP contribution in [0.2, 0.25) is 0 Å². The van der Waals surface area contributed by atoms with Crippen molar-refractivity contribution in [3.05, 3.63) is 59.4 Å². The van der Waals surface area contributed by atoms with E-state index in [1.54, 1.807) is 6.07 Å². The zero-order chi connectivity index (χ0) is 14.0. The minimum atomic E-state index is -4.40. The van der Waals surface area contributed by atoms with Crippen LogP contribution in [0.4, 0.5) is 17.6 Å². The molecule has 1 nitrogen and oxygen atoms in total. The van der Waals surface area contributed by atoms with Crippen LogP contribution in [0.1, 0.15) is 11.1 Å². The van der Waals surface area contributed by atoms with Crippen LogP contribution in [-0.2, 0) is 12.7 Å². The number of alkyl halides is 3. The number of nitrogens with two attached hydrogens (primary N) is 1. The molecule has 0 fully saturated rings. The Morgan fingerprint density at radius 1 is 1.00 bits per heavy atom. The molecular weight excluding hydrogens is 258 g/mol. The predicted molar refractivity (Wildman–Crippen MR) is 64.7 cm³/mol. The number of hydrogen-bond donors (Lipinski definition) is 1. The molecule has 0 aromatic heterocycles. The molecule has 0 radical (unpaired) electrons. The number of benzene rings is 2.